The molecule has 0 spiro atoms. The van der Waals surface area contributed by atoms with Crippen molar-refractivity contribution in [3.05, 3.63) is 42.5 Å². The first-order valence-corrected chi connectivity index (χ1v) is 8.14. The lowest BCUT2D eigenvalue weighted by Crippen LogP contribution is -2.51. The zero-order valence-corrected chi connectivity index (χ0v) is 12.9. The molecule has 1 aromatic rings. The molecular weight excluding hydrogens is 276 g/mol. The van der Waals surface area contributed by atoms with Crippen molar-refractivity contribution in [2.24, 2.45) is 0 Å². The van der Waals surface area contributed by atoms with E-state index in [0.717, 1.165) is 30.6 Å². The Hall–Kier alpha value is -1.81. The summed E-state index contributed by atoms with van der Waals surface area (Å²) in [5, 5.41) is 11.6. The molecule has 2 bridgehead atoms. The maximum Gasteiger partial charge on any atom is 0.409 e. The number of amides is 1. The molecule has 0 aromatic heterocycles. The minimum absolute atomic E-state index is 0.444. The van der Waals surface area contributed by atoms with Crippen molar-refractivity contribution in [2.75, 3.05) is 11.9 Å². The lowest BCUT2D eigenvalue weighted by molar-refractivity contribution is 0.0413. The fraction of sp³-hybridized carbons (Fsp3) is 0.500. The summed E-state index contributed by atoms with van der Waals surface area (Å²) in [5.41, 5.74) is 1.90. The van der Waals surface area contributed by atoms with Gasteiger partial charge in [-0.1, -0.05) is 30.7 Å². The number of hydrogen-bond donors (Lipinski definition) is 2. The first kappa shape index (κ1) is 15.1. The van der Waals surface area contributed by atoms with Crippen molar-refractivity contribution in [3.63, 3.8) is 0 Å². The van der Waals surface area contributed by atoms with Gasteiger partial charge in [0.2, 0.25) is 0 Å². The van der Waals surface area contributed by atoms with Crippen LogP contribution in [-0.4, -0.2) is 34.7 Å². The fourth-order valence-corrected chi connectivity index (χ4v) is 4.26. The number of para-hydroxylation sites is 1. The Morgan fingerprint density at radius 1 is 1.32 bits per heavy atom. The van der Waals surface area contributed by atoms with Crippen LogP contribution in [0.3, 0.4) is 0 Å². The summed E-state index contributed by atoms with van der Waals surface area (Å²) in [4.78, 5) is 13.6. The molecule has 2 saturated heterocycles. The maximum absolute atomic E-state index is 11.0. The van der Waals surface area contributed by atoms with Crippen molar-refractivity contribution >= 4 is 11.8 Å². The van der Waals surface area contributed by atoms with Gasteiger partial charge in [-0.15, -0.1) is 6.58 Å². The van der Waals surface area contributed by atoms with Crippen molar-refractivity contribution in [1.82, 2.24) is 4.90 Å². The van der Waals surface area contributed by atoms with E-state index < -0.39 is 6.09 Å². The molecule has 4 heteroatoms. The van der Waals surface area contributed by atoms with Crippen LogP contribution in [0.4, 0.5) is 10.5 Å². The smallest absolute Gasteiger partial charge is 0.409 e. The highest BCUT2D eigenvalue weighted by Crippen LogP contribution is 2.43. The third-order valence-electron chi connectivity index (χ3n) is 5.11. The SMILES string of the molecule is C=CCN1C2CCCC1CC(c1ccccc1NC(=O)O)C2. The molecule has 2 fully saturated rings. The monoisotopic (exact) mass is 300 g/mol. The van der Waals surface area contributed by atoms with E-state index in [9.17, 15) is 4.79 Å². The zero-order chi connectivity index (χ0) is 15.5. The van der Waals surface area contributed by atoms with Crippen molar-refractivity contribution < 1.29 is 9.90 Å². The van der Waals surface area contributed by atoms with Crippen LogP contribution in [0.25, 0.3) is 0 Å². The van der Waals surface area contributed by atoms with Crippen LogP contribution in [-0.2, 0) is 0 Å². The number of benzene rings is 1. The van der Waals surface area contributed by atoms with Crippen molar-refractivity contribution in [2.45, 2.75) is 50.1 Å². The molecule has 118 valence electrons. The molecule has 2 unspecified atom stereocenters. The average molecular weight is 300 g/mol. The second-order valence-electron chi connectivity index (χ2n) is 6.41. The fourth-order valence-electron chi connectivity index (χ4n) is 4.26. The van der Waals surface area contributed by atoms with Gasteiger partial charge in [-0.05, 0) is 43.2 Å². The lowest BCUT2D eigenvalue weighted by Gasteiger charge is -2.49. The molecule has 3 rings (SSSR count). The second kappa shape index (κ2) is 6.53. The van der Waals surface area contributed by atoms with Crippen LogP contribution in [0.15, 0.2) is 36.9 Å². The number of anilines is 1. The predicted octanol–water partition coefficient (Wildman–Crippen LogP) is 4.06. The number of fused-ring (bicyclic) bond motifs is 2. The molecule has 0 aliphatic carbocycles. The van der Waals surface area contributed by atoms with Gasteiger partial charge >= 0.3 is 6.09 Å². The van der Waals surface area contributed by atoms with Crippen LogP contribution in [0.1, 0.15) is 43.6 Å². The zero-order valence-electron chi connectivity index (χ0n) is 12.9. The Balaban J connectivity index is 1.82. The highest BCUT2D eigenvalue weighted by molar-refractivity contribution is 5.84. The van der Waals surface area contributed by atoms with Crippen molar-refractivity contribution in [3.8, 4) is 0 Å². The molecular formula is C18H24N2O2. The third-order valence-corrected chi connectivity index (χ3v) is 5.11. The van der Waals surface area contributed by atoms with Gasteiger partial charge in [-0.25, -0.2) is 4.79 Å². The van der Waals surface area contributed by atoms with E-state index >= 15 is 0 Å². The topological polar surface area (TPSA) is 52.6 Å². The predicted molar refractivity (Wildman–Crippen MR) is 88.4 cm³/mol. The van der Waals surface area contributed by atoms with Gasteiger partial charge < -0.3 is 5.11 Å². The summed E-state index contributed by atoms with van der Waals surface area (Å²) in [6.45, 7) is 4.86. The second-order valence-corrected chi connectivity index (χ2v) is 6.41. The van der Waals surface area contributed by atoms with Crippen LogP contribution >= 0.6 is 0 Å². The number of hydrogen-bond acceptors (Lipinski definition) is 2. The molecule has 2 aliphatic heterocycles. The highest BCUT2D eigenvalue weighted by atomic mass is 16.4. The summed E-state index contributed by atoms with van der Waals surface area (Å²) < 4.78 is 0. The van der Waals surface area contributed by atoms with Gasteiger partial charge in [0.25, 0.3) is 0 Å². The largest absolute Gasteiger partial charge is 0.465 e. The van der Waals surface area contributed by atoms with E-state index in [4.69, 9.17) is 5.11 Å². The summed E-state index contributed by atoms with van der Waals surface area (Å²) in [6.07, 6.45) is 7.04. The lowest BCUT2D eigenvalue weighted by atomic mass is 9.75. The molecule has 2 aliphatic rings. The quantitative estimate of drug-likeness (QED) is 0.824. The molecule has 1 aromatic carbocycles. The van der Waals surface area contributed by atoms with E-state index in [2.05, 4.69) is 22.9 Å². The first-order chi connectivity index (χ1) is 10.7. The van der Waals surface area contributed by atoms with Gasteiger partial charge in [0.05, 0.1) is 0 Å². The van der Waals surface area contributed by atoms with Crippen LogP contribution in [0.5, 0.6) is 0 Å². The Kier molecular flexibility index (Phi) is 4.48. The normalized spacial score (nSPS) is 28.1. The van der Waals surface area contributed by atoms with Gasteiger partial charge in [-0.2, -0.15) is 0 Å². The summed E-state index contributed by atoms with van der Waals surface area (Å²) in [6, 6.07) is 9.06. The van der Waals surface area contributed by atoms with Gasteiger partial charge in [0, 0.05) is 24.3 Å². The standard InChI is InChI=1S/C18H24N2O2/c1-2-10-20-14-6-5-7-15(20)12-13(11-14)16-8-3-4-9-17(16)19-18(21)22/h2-4,8-9,13-15,19H,1,5-7,10-12H2,(H,21,22). The number of rotatable bonds is 4. The average Bonchev–Trinajstić information content (AvgIpc) is 2.47. The summed E-state index contributed by atoms with van der Waals surface area (Å²) in [5.74, 6) is 0.444. The Labute approximate surface area is 131 Å². The Bertz CT molecular complexity index is 544. The number of nitrogens with one attached hydrogen (secondary N) is 1. The number of carbonyl (C=O) groups is 1. The summed E-state index contributed by atoms with van der Waals surface area (Å²) >= 11 is 0. The number of nitrogens with zero attached hydrogens (tertiary/aromatic N) is 1. The number of carboxylic acid groups (broad SMARTS) is 1. The molecule has 2 N–H and O–H groups in total. The van der Waals surface area contributed by atoms with Gasteiger partial charge in [0.15, 0.2) is 0 Å². The van der Waals surface area contributed by atoms with E-state index in [1.165, 1.54) is 19.3 Å². The summed E-state index contributed by atoms with van der Waals surface area (Å²) in [7, 11) is 0. The van der Waals surface area contributed by atoms with Crippen LogP contribution in [0, 0.1) is 0 Å². The van der Waals surface area contributed by atoms with Crippen LogP contribution in [0.2, 0.25) is 0 Å². The molecule has 1 amide bonds. The van der Waals surface area contributed by atoms with Gasteiger partial charge in [-0.3, -0.25) is 10.2 Å². The highest BCUT2D eigenvalue weighted by Gasteiger charge is 2.38. The minimum Gasteiger partial charge on any atom is -0.465 e. The Morgan fingerprint density at radius 2 is 2.00 bits per heavy atom. The van der Waals surface area contributed by atoms with Crippen molar-refractivity contribution in [1.29, 1.82) is 0 Å². The number of piperidine rings is 2. The first-order valence-electron chi connectivity index (χ1n) is 8.14. The molecule has 2 heterocycles. The van der Waals surface area contributed by atoms with Crippen LogP contribution < -0.4 is 5.32 Å². The Morgan fingerprint density at radius 3 is 2.64 bits per heavy atom. The molecule has 0 saturated carbocycles. The maximum atomic E-state index is 11.0. The molecule has 22 heavy (non-hydrogen) atoms. The molecule has 2 atom stereocenters. The van der Waals surface area contributed by atoms with E-state index in [0.29, 0.717) is 18.0 Å². The van der Waals surface area contributed by atoms with E-state index in [-0.39, 0.29) is 0 Å². The van der Waals surface area contributed by atoms with Gasteiger partial charge in [0.1, 0.15) is 0 Å². The molecule has 4 nitrogen and oxygen atoms in total. The van der Waals surface area contributed by atoms with E-state index in [1.54, 1.807) is 0 Å². The molecule has 0 radical (unpaired) electrons. The minimum atomic E-state index is -0.989. The van der Waals surface area contributed by atoms with E-state index in [1.807, 2.05) is 24.3 Å². The third kappa shape index (κ3) is 3.02.